The second-order valence-corrected chi connectivity index (χ2v) is 13.0. The number of hydrogen-bond donors (Lipinski definition) is 7. The molecule has 14 heteroatoms. The number of benzene rings is 4. The van der Waals surface area contributed by atoms with Crippen molar-refractivity contribution in [3.8, 4) is 17.2 Å². The number of carbonyl (C=O) groups is 4. The van der Waals surface area contributed by atoms with Gasteiger partial charge in [-0.25, -0.2) is 0 Å². The number of fused-ring (bicyclic) bond motifs is 2. The molecule has 2 aliphatic rings. The third kappa shape index (κ3) is 6.95. The van der Waals surface area contributed by atoms with Gasteiger partial charge in [-0.2, -0.15) is 0 Å². The fourth-order valence-electron chi connectivity index (χ4n) is 6.77. The van der Waals surface area contributed by atoms with Crippen LogP contribution < -0.4 is 20.9 Å². The summed E-state index contributed by atoms with van der Waals surface area (Å²) in [7, 11) is 0. The van der Waals surface area contributed by atoms with Crippen LogP contribution in [-0.4, -0.2) is 80.1 Å². The normalized spacial score (nSPS) is 20.9. The van der Waals surface area contributed by atoms with E-state index >= 15 is 0 Å². The van der Waals surface area contributed by atoms with Crippen molar-refractivity contribution in [3.63, 3.8) is 0 Å². The first-order valence-electron chi connectivity index (χ1n) is 16.9. The standard InChI is InChI=1S/C40H38N2O12/c1-18-33(46)37(50)38(51)40(52-18)54-29-15-26-32(34(47)25(29)13-21-9-6-10-23(39(41)42)27(21)17-44)36(49)30-22(16-43)14-28(53-19(2)45)24(31(30)35(26)48)12-11-20-7-4-3-5-8-20/h3-12,14-15,17-18,33,37-40,43,46-47,50-51H,13,16,41-42H2,1-2H3/b12-11+/t18-,33+,37+,38+,40+/m0/s1. The van der Waals surface area contributed by atoms with Gasteiger partial charge >= 0.3 is 5.97 Å². The molecule has 9 N–H and O–H groups in total. The Labute approximate surface area is 308 Å². The van der Waals surface area contributed by atoms with Crippen molar-refractivity contribution < 1.29 is 58.9 Å². The zero-order valence-electron chi connectivity index (χ0n) is 29.1. The molecule has 0 aromatic heterocycles. The molecular weight excluding hydrogens is 700 g/mol. The number of nitrogens with two attached hydrogens (primary N) is 2. The van der Waals surface area contributed by atoms with E-state index in [1.165, 1.54) is 19.1 Å². The van der Waals surface area contributed by atoms with Crippen LogP contribution >= 0.6 is 0 Å². The predicted octanol–water partition coefficient (Wildman–Crippen LogP) is 2.28. The van der Waals surface area contributed by atoms with E-state index in [9.17, 15) is 44.7 Å². The number of aromatic hydroxyl groups is 1. The van der Waals surface area contributed by atoms with Gasteiger partial charge in [0.15, 0.2) is 17.9 Å². The van der Waals surface area contributed by atoms with E-state index in [1.54, 1.807) is 48.5 Å². The fourth-order valence-corrected chi connectivity index (χ4v) is 6.77. The summed E-state index contributed by atoms with van der Waals surface area (Å²) >= 11 is 0. The maximum absolute atomic E-state index is 14.7. The lowest BCUT2D eigenvalue weighted by molar-refractivity contribution is -0.268. The number of rotatable bonds is 10. The number of phenols is 1. The SMILES string of the molecule is CC(=O)Oc1cc(CO)c2c(c1/C=C/c1ccccc1)C(=O)c1cc(O[C@H]3O[C@@H](C)[C@@H](O)[C@@H](O)[C@H]3O)c(Cc3cccc(C(N)N)c3C=O)c(O)c1C2=O. The minimum absolute atomic E-state index is 0.0406. The minimum atomic E-state index is -1.81. The Balaban J connectivity index is 1.59. The topological polar surface area (TPSA) is 249 Å². The second-order valence-electron chi connectivity index (χ2n) is 13.0. The first-order valence-corrected chi connectivity index (χ1v) is 16.9. The van der Waals surface area contributed by atoms with E-state index < -0.39 is 72.3 Å². The lowest BCUT2D eigenvalue weighted by Gasteiger charge is -2.39. The highest BCUT2D eigenvalue weighted by molar-refractivity contribution is 6.31. The van der Waals surface area contributed by atoms with Crippen molar-refractivity contribution in [1.29, 1.82) is 0 Å². The Kier molecular flexibility index (Phi) is 10.9. The summed E-state index contributed by atoms with van der Waals surface area (Å²) in [6, 6.07) is 16.1. The van der Waals surface area contributed by atoms with E-state index in [0.717, 1.165) is 13.0 Å². The summed E-state index contributed by atoms with van der Waals surface area (Å²) in [6.07, 6.45) is -5.35. The maximum atomic E-state index is 14.7. The molecule has 1 aliphatic heterocycles. The molecule has 14 nitrogen and oxygen atoms in total. The summed E-state index contributed by atoms with van der Waals surface area (Å²) < 4.78 is 17.2. The van der Waals surface area contributed by atoms with Crippen molar-refractivity contribution in [2.24, 2.45) is 11.5 Å². The van der Waals surface area contributed by atoms with Gasteiger partial charge in [-0.1, -0.05) is 54.6 Å². The van der Waals surface area contributed by atoms with Gasteiger partial charge in [0.05, 0.1) is 24.4 Å². The van der Waals surface area contributed by atoms with E-state index in [2.05, 4.69) is 0 Å². The summed E-state index contributed by atoms with van der Waals surface area (Å²) in [5.74, 6) is -3.52. The molecule has 1 heterocycles. The van der Waals surface area contributed by atoms with Crippen LogP contribution in [0.15, 0.2) is 60.7 Å². The Morgan fingerprint density at radius 2 is 1.59 bits per heavy atom. The van der Waals surface area contributed by atoms with E-state index in [0.29, 0.717) is 17.4 Å². The molecule has 0 saturated carbocycles. The molecular formula is C40H38N2O12. The van der Waals surface area contributed by atoms with E-state index in [4.69, 9.17) is 25.7 Å². The van der Waals surface area contributed by atoms with Gasteiger partial charge in [0.25, 0.3) is 0 Å². The van der Waals surface area contributed by atoms with Gasteiger partial charge in [-0.15, -0.1) is 0 Å². The highest BCUT2D eigenvalue weighted by Crippen LogP contribution is 2.45. The Morgan fingerprint density at radius 3 is 2.24 bits per heavy atom. The van der Waals surface area contributed by atoms with Gasteiger partial charge < -0.3 is 51.2 Å². The number of ether oxygens (including phenoxy) is 3. The van der Waals surface area contributed by atoms with Crippen LogP contribution in [0, 0.1) is 0 Å². The highest BCUT2D eigenvalue weighted by Gasteiger charge is 2.44. The smallest absolute Gasteiger partial charge is 0.308 e. The van der Waals surface area contributed by atoms with Crippen LogP contribution in [0.2, 0.25) is 0 Å². The second kappa shape index (κ2) is 15.4. The fraction of sp³-hybridized carbons (Fsp3) is 0.250. The van der Waals surface area contributed by atoms with Crippen LogP contribution in [0.1, 0.15) is 95.6 Å². The number of ketones is 2. The molecule has 0 amide bonds. The number of esters is 1. The van der Waals surface area contributed by atoms with Crippen LogP contribution in [0.4, 0.5) is 0 Å². The molecule has 0 unspecified atom stereocenters. The van der Waals surface area contributed by atoms with Gasteiger partial charge in [0, 0.05) is 46.7 Å². The van der Waals surface area contributed by atoms with E-state index in [1.807, 2.05) is 6.07 Å². The third-order valence-electron chi connectivity index (χ3n) is 9.49. The zero-order valence-corrected chi connectivity index (χ0v) is 29.1. The summed E-state index contributed by atoms with van der Waals surface area (Å²) in [4.78, 5) is 53.8. The number of carbonyl (C=O) groups excluding carboxylic acids is 4. The molecule has 280 valence electrons. The molecule has 5 atom stereocenters. The number of aliphatic hydroxyl groups excluding tert-OH is 4. The van der Waals surface area contributed by atoms with Crippen molar-refractivity contribution in [2.75, 3.05) is 0 Å². The highest BCUT2D eigenvalue weighted by atomic mass is 16.7. The van der Waals surface area contributed by atoms with Gasteiger partial charge in [-0.3, -0.25) is 19.2 Å². The summed E-state index contributed by atoms with van der Waals surface area (Å²) in [5.41, 5.74) is 11.8. The average molecular weight is 739 g/mol. The number of aldehydes is 1. The quantitative estimate of drug-likeness (QED) is 0.0357. The molecule has 4 aromatic rings. The molecule has 6 rings (SSSR count). The Morgan fingerprint density at radius 1 is 0.870 bits per heavy atom. The molecule has 1 saturated heterocycles. The molecule has 4 aromatic carbocycles. The van der Waals surface area contributed by atoms with E-state index in [-0.39, 0.29) is 62.4 Å². The first-order chi connectivity index (χ1) is 25.8. The molecule has 0 radical (unpaired) electrons. The Bertz CT molecular complexity index is 2180. The molecule has 0 bridgehead atoms. The van der Waals surface area contributed by atoms with Crippen LogP contribution in [0.25, 0.3) is 12.2 Å². The van der Waals surface area contributed by atoms with Crippen LogP contribution in [0.3, 0.4) is 0 Å². The number of phenolic OH excluding ortho intramolecular Hbond substituents is 1. The van der Waals surface area contributed by atoms with Gasteiger partial charge in [0.2, 0.25) is 6.29 Å². The van der Waals surface area contributed by atoms with Crippen molar-refractivity contribution in [1.82, 2.24) is 0 Å². The summed E-state index contributed by atoms with van der Waals surface area (Å²) in [5, 5.41) is 54.1. The first kappa shape index (κ1) is 38.2. The largest absolute Gasteiger partial charge is 0.507 e. The van der Waals surface area contributed by atoms with Crippen LogP contribution in [-0.2, 0) is 22.6 Å². The van der Waals surface area contributed by atoms with Crippen LogP contribution in [0.5, 0.6) is 17.2 Å². The van der Waals surface area contributed by atoms with Crippen molar-refractivity contribution in [3.05, 3.63) is 122 Å². The molecule has 0 spiro atoms. The minimum Gasteiger partial charge on any atom is -0.507 e. The lowest BCUT2D eigenvalue weighted by Crippen LogP contribution is -2.58. The Hall–Kier alpha value is -5.58. The van der Waals surface area contributed by atoms with Crippen molar-refractivity contribution >= 4 is 36.0 Å². The predicted molar refractivity (Wildman–Crippen MR) is 193 cm³/mol. The molecule has 54 heavy (non-hydrogen) atoms. The summed E-state index contributed by atoms with van der Waals surface area (Å²) in [6.45, 7) is 1.84. The average Bonchev–Trinajstić information content (AvgIpc) is 3.15. The monoisotopic (exact) mass is 738 g/mol. The van der Waals surface area contributed by atoms with Gasteiger partial charge in [-0.05, 0) is 47.4 Å². The lowest BCUT2D eigenvalue weighted by atomic mass is 9.77. The van der Waals surface area contributed by atoms with Crippen molar-refractivity contribution in [2.45, 2.75) is 63.7 Å². The van der Waals surface area contributed by atoms with Gasteiger partial charge in [0.1, 0.15) is 35.6 Å². The molecule has 1 aliphatic carbocycles. The zero-order chi connectivity index (χ0) is 39.0. The number of aliphatic hydroxyl groups is 4. The number of hydrogen-bond acceptors (Lipinski definition) is 14. The third-order valence-corrected chi connectivity index (χ3v) is 9.49. The maximum Gasteiger partial charge on any atom is 0.308 e. The molecule has 1 fully saturated rings.